The molecule has 1 aromatic heterocycles. The maximum atomic E-state index is 14.6. The molecule has 0 radical (unpaired) electrons. The molecule has 0 saturated carbocycles. The molecule has 3 aromatic rings. The monoisotopic (exact) mass is 408 g/mol. The van der Waals surface area contributed by atoms with Crippen molar-refractivity contribution >= 4 is 5.69 Å². The SMILES string of the molecule is COCC1(CCCc2ccnn2-c2ccccc2)CNCCN1c1ccccc1F. The second kappa shape index (κ2) is 9.41. The van der Waals surface area contributed by atoms with Crippen LogP contribution in [0, 0.1) is 5.82 Å². The van der Waals surface area contributed by atoms with E-state index < -0.39 is 0 Å². The van der Waals surface area contributed by atoms with Crippen LogP contribution in [-0.4, -0.2) is 48.7 Å². The molecular formula is C24H29FN4O. The molecule has 4 rings (SSSR count). The molecule has 5 nitrogen and oxygen atoms in total. The van der Waals surface area contributed by atoms with Crippen LogP contribution in [-0.2, 0) is 11.2 Å². The van der Waals surface area contributed by atoms with Crippen molar-refractivity contribution in [3.63, 3.8) is 0 Å². The van der Waals surface area contributed by atoms with E-state index in [4.69, 9.17) is 4.74 Å². The van der Waals surface area contributed by atoms with E-state index in [0.29, 0.717) is 12.3 Å². The summed E-state index contributed by atoms with van der Waals surface area (Å²) in [6, 6.07) is 19.3. The van der Waals surface area contributed by atoms with Crippen molar-refractivity contribution in [2.24, 2.45) is 0 Å². The molecule has 1 aliphatic heterocycles. The number of nitrogens with one attached hydrogen (secondary N) is 1. The lowest BCUT2D eigenvalue weighted by atomic mass is 9.88. The van der Waals surface area contributed by atoms with Crippen LogP contribution in [0.5, 0.6) is 0 Å². The van der Waals surface area contributed by atoms with Gasteiger partial charge in [-0.05, 0) is 49.6 Å². The van der Waals surface area contributed by atoms with E-state index in [1.165, 1.54) is 11.8 Å². The Balaban J connectivity index is 1.52. The number of hydrogen-bond acceptors (Lipinski definition) is 4. The Bertz CT molecular complexity index is 941. The molecule has 2 heterocycles. The Morgan fingerprint density at radius 1 is 1.10 bits per heavy atom. The molecule has 0 bridgehead atoms. The van der Waals surface area contributed by atoms with Crippen LogP contribution in [0.25, 0.3) is 5.69 Å². The van der Waals surface area contributed by atoms with Gasteiger partial charge in [0.25, 0.3) is 0 Å². The lowest BCUT2D eigenvalue weighted by Gasteiger charge is -2.49. The van der Waals surface area contributed by atoms with Gasteiger partial charge in [0, 0.05) is 38.6 Å². The first-order chi connectivity index (χ1) is 14.7. The molecule has 6 heteroatoms. The zero-order valence-electron chi connectivity index (χ0n) is 17.4. The van der Waals surface area contributed by atoms with Crippen LogP contribution >= 0.6 is 0 Å². The van der Waals surface area contributed by atoms with E-state index in [1.807, 2.05) is 41.2 Å². The molecule has 1 aliphatic rings. The predicted octanol–water partition coefficient (Wildman–Crippen LogP) is 3.83. The van der Waals surface area contributed by atoms with Gasteiger partial charge in [0.05, 0.1) is 23.5 Å². The number of piperazine rings is 1. The fraction of sp³-hybridized carbons (Fsp3) is 0.375. The van der Waals surface area contributed by atoms with Crippen molar-refractivity contribution in [3.8, 4) is 5.69 Å². The first-order valence-electron chi connectivity index (χ1n) is 10.5. The Morgan fingerprint density at radius 3 is 2.70 bits per heavy atom. The van der Waals surface area contributed by atoms with Crippen molar-refractivity contribution in [1.29, 1.82) is 0 Å². The molecule has 0 aliphatic carbocycles. The molecule has 158 valence electrons. The van der Waals surface area contributed by atoms with Crippen LogP contribution in [0.15, 0.2) is 66.9 Å². The van der Waals surface area contributed by atoms with Gasteiger partial charge in [-0.2, -0.15) is 5.10 Å². The highest BCUT2D eigenvalue weighted by Crippen LogP contribution is 2.32. The fourth-order valence-electron chi connectivity index (χ4n) is 4.50. The van der Waals surface area contributed by atoms with Crippen LogP contribution in [0.2, 0.25) is 0 Å². The molecule has 1 unspecified atom stereocenters. The van der Waals surface area contributed by atoms with E-state index >= 15 is 0 Å². The normalized spacial score (nSPS) is 19.2. The van der Waals surface area contributed by atoms with Crippen LogP contribution < -0.4 is 10.2 Å². The molecule has 0 spiro atoms. The predicted molar refractivity (Wildman–Crippen MR) is 118 cm³/mol. The third-order valence-electron chi connectivity index (χ3n) is 5.89. The first-order valence-corrected chi connectivity index (χ1v) is 10.5. The number of nitrogens with zero attached hydrogens (tertiary/aromatic N) is 3. The quantitative estimate of drug-likeness (QED) is 0.615. The summed E-state index contributed by atoms with van der Waals surface area (Å²) >= 11 is 0. The van der Waals surface area contributed by atoms with E-state index in [1.54, 1.807) is 13.2 Å². The van der Waals surface area contributed by atoms with Crippen molar-refractivity contribution < 1.29 is 9.13 Å². The van der Waals surface area contributed by atoms with Gasteiger partial charge in [-0.15, -0.1) is 0 Å². The van der Waals surface area contributed by atoms with E-state index in [2.05, 4.69) is 33.5 Å². The number of aryl methyl sites for hydroxylation is 1. The molecule has 2 aromatic carbocycles. The van der Waals surface area contributed by atoms with Crippen LogP contribution in [0.3, 0.4) is 0 Å². The number of aromatic nitrogens is 2. The van der Waals surface area contributed by atoms with Crippen molar-refractivity contribution in [2.45, 2.75) is 24.8 Å². The largest absolute Gasteiger partial charge is 0.382 e. The summed E-state index contributed by atoms with van der Waals surface area (Å²) in [6.45, 7) is 2.91. The average molecular weight is 409 g/mol. The average Bonchev–Trinajstić information content (AvgIpc) is 3.24. The van der Waals surface area contributed by atoms with Gasteiger partial charge >= 0.3 is 0 Å². The highest BCUT2D eigenvalue weighted by Gasteiger charge is 2.39. The summed E-state index contributed by atoms with van der Waals surface area (Å²) in [6.07, 6.45) is 4.59. The van der Waals surface area contributed by atoms with Crippen molar-refractivity contribution in [2.75, 3.05) is 38.3 Å². The van der Waals surface area contributed by atoms with Gasteiger partial charge in [0.1, 0.15) is 5.82 Å². The second-order valence-electron chi connectivity index (χ2n) is 7.86. The van der Waals surface area contributed by atoms with E-state index in [-0.39, 0.29) is 11.4 Å². The minimum absolute atomic E-state index is 0.179. The molecule has 1 fully saturated rings. The Kier molecular flexibility index (Phi) is 6.45. The lowest BCUT2D eigenvalue weighted by molar-refractivity contribution is 0.110. The van der Waals surface area contributed by atoms with Crippen molar-refractivity contribution in [1.82, 2.24) is 15.1 Å². The zero-order valence-corrected chi connectivity index (χ0v) is 17.4. The summed E-state index contributed by atoms with van der Waals surface area (Å²) < 4.78 is 22.3. The lowest BCUT2D eigenvalue weighted by Crippen LogP contribution is -2.64. The van der Waals surface area contributed by atoms with Gasteiger partial charge in [0.15, 0.2) is 0 Å². The summed E-state index contributed by atoms with van der Waals surface area (Å²) in [7, 11) is 1.72. The molecule has 1 atom stereocenters. The van der Waals surface area contributed by atoms with Gasteiger partial charge in [-0.25, -0.2) is 9.07 Å². The molecule has 0 amide bonds. The highest BCUT2D eigenvalue weighted by atomic mass is 19.1. The Hall–Kier alpha value is -2.70. The topological polar surface area (TPSA) is 42.3 Å². The maximum Gasteiger partial charge on any atom is 0.146 e. The Labute approximate surface area is 177 Å². The summed E-state index contributed by atoms with van der Waals surface area (Å²) in [5, 5.41) is 8.00. The second-order valence-corrected chi connectivity index (χ2v) is 7.86. The first kappa shape index (κ1) is 20.6. The molecule has 30 heavy (non-hydrogen) atoms. The third-order valence-corrected chi connectivity index (χ3v) is 5.89. The highest BCUT2D eigenvalue weighted by molar-refractivity contribution is 5.51. The van der Waals surface area contributed by atoms with Crippen LogP contribution in [0.4, 0.5) is 10.1 Å². The van der Waals surface area contributed by atoms with Gasteiger partial charge in [-0.1, -0.05) is 30.3 Å². The van der Waals surface area contributed by atoms with Crippen molar-refractivity contribution in [3.05, 3.63) is 78.4 Å². The van der Waals surface area contributed by atoms with E-state index in [0.717, 1.165) is 44.6 Å². The van der Waals surface area contributed by atoms with E-state index in [9.17, 15) is 4.39 Å². The van der Waals surface area contributed by atoms with Crippen LogP contribution in [0.1, 0.15) is 18.5 Å². The number of benzene rings is 2. The number of rotatable bonds is 8. The minimum Gasteiger partial charge on any atom is -0.382 e. The van der Waals surface area contributed by atoms with Gasteiger partial charge in [0.2, 0.25) is 0 Å². The zero-order chi connectivity index (χ0) is 20.8. The number of methoxy groups -OCH3 is 1. The van der Waals surface area contributed by atoms with Gasteiger partial charge in [-0.3, -0.25) is 0 Å². The minimum atomic E-state index is -0.285. The number of para-hydroxylation sites is 2. The number of ether oxygens (including phenoxy) is 1. The number of hydrogen-bond donors (Lipinski definition) is 1. The summed E-state index contributed by atoms with van der Waals surface area (Å²) in [5.41, 5.74) is 2.61. The third kappa shape index (κ3) is 4.25. The van der Waals surface area contributed by atoms with Gasteiger partial charge < -0.3 is 15.0 Å². The fourth-order valence-corrected chi connectivity index (χ4v) is 4.50. The standard InChI is InChI=1S/C24H29FN4O/c1-30-19-24(18-26-16-17-28(24)23-12-6-5-11-22(23)25)14-7-10-21-13-15-27-29(21)20-8-3-2-4-9-20/h2-6,8-9,11-13,15,26H,7,10,14,16-19H2,1H3. The number of anilines is 1. The smallest absolute Gasteiger partial charge is 0.146 e. The summed E-state index contributed by atoms with van der Waals surface area (Å²) in [5.74, 6) is -0.179. The molecule has 1 N–H and O–H groups in total. The molecular weight excluding hydrogens is 379 g/mol. The Morgan fingerprint density at radius 2 is 1.90 bits per heavy atom. The maximum absolute atomic E-state index is 14.6. The number of halogens is 1. The summed E-state index contributed by atoms with van der Waals surface area (Å²) in [4.78, 5) is 2.21. The molecule has 1 saturated heterocycles.